The molecule has 0 aliphatic carbocycles. The van der Waals surface area contributed by atoms with Gasteiger partial charge in [0, 0.05) is 53.6 Å². The molecule has 4 heterocycles. The maximum Gasteiger partial charge on any atom is 0.145 e. The summed E-state index contributed by atoms with van der Waals surface area (Å²) in [7, 11) is 0. The fourth-order valence-corrected chi connectivity index (χ4v) is 12.4. The van der Waals surface area contributed by atoms with Gasteiger partial charge >= 0.3 is 0 Å². The lowest BCUT2D eigenvalue weighted by molar-refractivity contribution is 0.700. The summed E-state index contributed by atoms with van der Waals surface area (Å²) in [6.07, 6.45) is 1.79. The van der Waals surface area contributed by atoms with Gasteiger partial charge in [-0.05, 0) is 84.6 Å². The lowest BCUT2D eigenvalue weighted by Crippen LogP contribution is -2.18. The molecule has 1 unspecified atom stereocenters. The van der Waals surface area contributed by atoms with Crippen molar-refractivity contribution in [2.24, 2.45) is 0 Å². The molecule has 66 heavy (non-hydrogen) atoms. The maximum absolute atomic E-state index is 6.02. The Kier molecular flexibility index (Phi) is 9.50. The van der Waals surface area contributed by atoms with Gasteiger partial charge in [-0.3, -0.25) is 9.13 Å². The van der Waals surface area contributed by atoms with Gasteiger partial charge in [-0.25, -0.2) is 9.97 Å². The molecule has 0 spiro atoms. The number of fused-ring (bicyclic) bond motifs is 6. The molecule has 0 fully saturated rings. The molecule has 1 atom stereocenters. The van der Waals surface area contributed by atoms with E-state index in [9.17, 15) is 0 Å². The van der Waals surface area contributed by atoms with Crippen LogP contribution in [0.5, 0.6) is 0 Å². The van der Waals surface area contributed by atoms with Crippen LogP contribution in [0.3, 0.4) is 0 Å². The molecule has 0 saturated heterocycles. The number of rotatable bonds is 6. The van der Waals surface area contributed by atoms with Crippen molar-refractivity contribution in [2.75, 3.05) is 4.90 Å². The Morgan fingerprint density at radius 3 is 1.47 bits per heavy atom. The molecule has 0 N–H and O–H groups in total. The molecule has 2 aliphatic rings. The number of imidazole rings is 2. The van der Waals surface area contributed by atoms with Gasteiger partial charge in [0.1, 0.15) is 28.4 Å². The van der Waals surface area contributed by atoms with Gasteiger partial charge in [0.05, 0.1) is 22.4 Å². The van der Waals surface area contributed by atoms with E-state index in [0.717, 1.165) is 86.1 Å². The minimum absolute atomic E-state index is 0.0527. The van der Waals surface area contributed by atoms with Crippen LogP contribution in [0.4, 0.5) is 17.1 Å². The maximum atomic E-state index is 6.02. The monoisotopic (exact) mass is 883 g/mol. The van der Waals surface area contributed by atoms with Crippen LogP contribution in [0.25, 0.3) is 56.2 Å². The number of para-hydroxylation sites is 4. The third-order valence-electron chi connectivity index (χ3n) is 13.0. The number of aryl methyl sites for hydroxylation is 1. The Hall–Kier alpha value is -7.58. The van der Waals surface area contributed by atoms with Crippen LogP contribution in [0.1, 0.15) is 29.0 Å². The van der Waals surface area contributed by atoms with Crippen molar-refractivity contribution in [3.63, 3.8) is 0 Å². The van der Waals surface area contributed by atoms with Gasteiger partial charge in [0.2, 0.25) is 0 Å². The van der Waals surface area contributed by atoms with Gasteiger partial charge in [-0.2, -0.15) is 0 Å². The second kappa shape index (κ2) is 16.1. The first-order valence-electron chi connectivity index (χ1n) is 22.5. The number of benzene rings is 9. The third kappa shape index (κ3) is 6.33. The van der Waals surface area contributed by atoms with Gasteiger partial charge < -0.3 is 4.90 Å². The van der Waals surface area contributed by atoms with Gasteiger partial charge in [0.15, 0.2) is 0 Å². The Labute approximate surface area is 392 Å². The lowest BCUT2D eigenvalue weighted by atomic mass is 9.84. The van der Waals surface area contributed by atoms with Crippen LogP contribution < -0.4 is 4.90 Å². The summed E-state index contributed by atoms with van der Waals surface area (Å²) < 4.78 is 4.85. The molecule has 7 heteroatoms. The molecule has 0 saturated carbocycles. The van der Waals surface area contributed by atoms with E-state index < -0.39 is 0 Å². The van der Waals surface area contributed by atoms with Crippen molar-refractivity contribution in [1.82, 2.24) is 19.1 Å². The van der Waals surface area contributed by atoms with E-state index in [1.54, 1.807) is 0 Å². The van der Waals surface area contributed by atoms with Gasteiger partial charge in [-0.15, -0.1) is 0 Å². The number of anilines is 3. The molecule has 5 nitrogen and oxygen atoms in total. The van der Waals surface area contributed by atoms with Gasteiger partial charge in [0.25, 0.3) is 0 Å². The first-order valence-corrected chi connectivity index (χ1v) is 24.1. The summed E-state index contributed by atoms with van der Waals surface area (Å²) in [6.45, 7) is 0. The molecule has 314 valence electrons. The van der Waals surface area contributed by atoms with Crippen LogP contribution in [0.2, 0.25) is 0 Å². The second-order valence-electron chi connectivity index (χ2n) is 16.8. The topological polar surface area (TPSA) is 38.9 Å². The predicted molar refractivity (Wildman–Crippen MR) is 273 cm³/mol. The van der Waals surface area contributed by atoms with E-state index in [0.29, 0.717) is 0 Å². The minimum atomic E-state index is -0.0527. The zero-order valence-corrected chi connectivity index (χ0v) is 37.5. The highest BCUT2D eigenvalue weighted by atomic mass is 32.2. The summed E-state index contributed by atoms with van der Waals surface area (Å²) in [6, 6.07) is 78.6. The Morgan fingerprint density at radius 2 is 0.864 bits per heavy atom. The van der Waals surface area contributed by atoms with Gasteiger partial charge in [-0.1, -0.05) is 181 Å². The van der Waals surface area contributed by atoms with E-state index in [-0.39, 0.29) is 5.92 Å². The van der Waals surface area contributed by atoms with Crippen molar-refractivity contribution in [2.45, 2.75) is 38.3 Å². The lowest BCUT2D eigenvalue weighted by Gasteiger charge is -2.34. The van der Waals surface area contributed by atoms with Crippen LogP contribution in [0.15, 0.2) is 238 Å². The molecule has 0 bridgehead atoms. The van der Waals surface area contributed by atoms with E-state index in [1.807, 2.05) is 23.5 Å². The molecule has 9 aromatic carbocycles. The molecule has 2 aromatic heterocycles. The van der Waals surface area contributed by atoms with Crippen LogP contribution in [-0.2, 0) is 6.42 Å². The standard InChI is InChI=1S/C59H41N5S2/c1-5-22-40(23-6-1)58-60-53-52(45-38-37-39-21-13-17-33-48(39)65-49-34-18-14-30-44(45)49)55-54(61-59(41-24-7-2-8-25-41)62(55)42-26-9-3-10-27-42)57(56(53)63(58)43-28-11-4-12-29-43)64-46-31-15-19-35-50(46)66-51-36-20-16-32-47(51)64/h1-36,45H,37-38H2. The number of aromatic nitrogens is 4. The molecule has 11 aromatic rings. The smallest absolute Gasteiger partial charge is 0.145 e. The van der Waals surface area contributed by atoms with Crippen LogP contribution in [0, 0.1) is 0 Å². The summed E-state index contributed by atoms with van der Waals surface area (Å²) >= 11 is 3.70. The van der Waals surface area contributed by atoms with Crippen molar-refractivity contribution < 1.29 is 0 Å². The highest BCUT2D eigenvalue weighted by Gasteiger charge is 2.37. The Balaban J connectivity index is 1.28. The Bertz CT molecular complexity index is 3520. The average molecular weight is 884 g/mol. The molecule has 2 aliphatic heterocycles. The zero-order chi connectivity index (χ0) is 43.6. The summed E-state index contributed by atoms with van der Waals surface area (Å²) in [5.41, 5.74) is 15.2. The predicted octanol–water partition coefficient (Wildman–Crippen LogP) is 15.9. The minimum Gasteiger partial charge on any atom is -0.304 e. The van der Waals surface area contributed by atoms with Crippen LogP contribution >= 0.6 is 23.5 Å². The fourth-order valence-electron chi connectivity index (χ4n) is 10.1. The summed E-state index contributed by atoms with van der Waals surface area (Å²) in [4.78, 5) is 19.5. The molecule has 0 amide bonds. The largest absolute Gasteiger partial charge is 0.304 e. The second-order valence-corrected chi connectivity index (χ2v) is 19.0. The summed E-state index contributed by atoms with van der Waals surface area (Å²) in [5, 5.41) is 0. The SMILES string of the molecule is c1ccc(-c2nc3c(N4c5ccccc5Sc5ccccc54)c4c(nc(-c5ccccc5)n4-c4ccccc4)c(C4CCc5ccccc5Sc5ccccc54)c3n2-c2ccccc2)cc1. The highest BCUT2D eigenvalue weighted by Crippen LogP contribution is 2.57. The normalized spacial score (nSPS) is 14.2. The molecular weight excluding hydrogens is 843 g/mol. The molecule has 0 radical (unpaired) electrons. The summed E-state index contributed by atoms with van der Waals surface area (Å²) in [5.74, 6) is 1.71. The molecule has 13 rings (SSSR count). The van der Waals surface area contributed by atoms with Crippen molar-refractivity contribution in [1.29, 1.82) is 0 Å². The number of hydrogen-bond acceptors (Lipinski definition) is 5. The quantitative estimate of drug-likeness (QED) is 0.166. The number of hydrogen-bond donors (Lipinski definition) is 0. The average Bonchev–Trinajstić information content (AvgIpc) is 3.97. The van der Waals surface area contributed by atoms with Crippen LogP contribution in [-0.4, -0.2) is 19.1 Å². The van der Waals surface area contributed by atoms with Crippen molar-refractivity contribution in [3.05, 3.63) is 235 Å². The first kappa shape index (κ1) is 38.8. The van der Waals surface area contributed by atoms with E-state index in [4.69, 9.17) is 9.97 Å². The highest BCUT2D eigenvalue weighted by molar-refractivity contribution is 8.00. The zero-order valence-electron chi connectivity index (χ0n) is 35.8. The van der Waals surface area contributed by atoms with Crippen molar-refractivity contribution >= 4 is 62.7 Å². The molecular formula is C59H41N5S2. The third-order valence-corrected chi connectivity index (χ3v) is 15.3. The van der Waals surface area contributed by atoms with Crippen molar-refractivity contribution in [3.8, 4) is 34.2 Å². The van der Waals surface area contributed by atoms with E-state index >= 15 is 0 Å². The first-order chi connectivity index (χ1) is 32.8. The van der Waals surface area contributed by atoms with E-state index in [2.05, 4.69) is 232 Å². The fraction of sp³-hybridized carbons (Fsp3) is 0.0508. The van der Waals surface area contributed by atoms with E-state index in [1.165, 1.54) is 36.3 Å². The number of nitrogens with zero attached hydrogens (tertiary/aromatic N) is 5. The Morgan fingerprint density at radius 1 is 0.409 bits per heavy atom.